The highest BCUT2D eigenvalue weighted by Crippen LogP contribution is 2.19. The van der Waals surface area contributed by atoms with Gasteiger partial charge >= 0.3 is 5.97 Å². The first-order chi connectivity index (χ1) is 11.1. The average molecular weight is 315 g/mol. The van der Waals surface area contributed by atoms with Gasteiger partial charge in [0.25, 0.3) is 0 Å². The maximum atomic E-state index is 11.0. The van der Waals surface area contributed by atoms with Crippen LogP contribution >= 0.6 is 0 Å². The number of morpholine rings is 1. The minimum atomic E-state index is -0.781. The smallest absolute Gasteiger partial charge is 0.305 e. The second-order valence-corrected chi connectivity index (χ2v) is 5.86. The van der Waals surface area contributed by atoms with Gasteiger partial charge in [0, 0.05) is 31.5 Å². The minimum absolute atomic E-state index is 0.0635. The zero-order valence-corrected chi connectivity index (χ0v) is 13.2. The molecule has 0 aliphatic carbocycles. The summed E-state index contributed by atoms with van der Waals surface area (Å²) in [4.78, 5) is 13.2. The first-order valence-electron chi connectivity index (χ1n) is 7.76. The Morgan fingerprint density at radius 1 is 1.48 bits per heavy atom. The molecule has 1 aliphatic heterocycles. The lowest BCUT2D eigenvalue weighted by atomic mass is 10.0. The van der Waals surface area contributed by atoms with Gasteiger partial charge in [0.05, 0.1) is 25.3 Å². The molecule has 1 saturated heterocycles. The van der Waals surface area contributed by atoms with Crippen LogP contribution in [0.15, 0.2) is 36.7 Å². The van der Waals surface area contributed by atoms with Gasteiger partial charge in [-0.1, -0.05) is 6.07 Å². The number of carboxylic acid groups (broad SMARTS) is 1. The highest BCUT2D eigenvalue weighted by Gasteiger charge is 2.25. The lowest BCUT2D eigenvalue weighted by molar-refractivity contribution is -0.140. The van der Waals surface area contributed by atoms with Crippen LogP contribution in [0.5, 0.6) is 0 Å². The molecule has 2 heterocycles. The van der Waals surface area contributed by atoms with E-state index in [0.717, 1.165) is 18.8 Å². The summed E-state index contributed by atoms with van der Waals surface area (Å²) in [5.74, 6) is -0.781. The molecular formula is C17H21N3O3. The van der Waals surface area contributed by atoms with Crippen molar-refractivity contribution in [2.75, 3.05) is 19.8 Å². The van der Waals surface area contributed by atoms with E-state index >= 15 is 0 Å². The molecule has 0 spiro atoms. The number of hydrogen-bond donors (Lipinski definition) is 1. The molecule has 0 radical (unpaired) electrons. The number of carboxylic acids is 1. The van der Waals surface area contributed by atoms with Crippen LogP contribution in [0.4, 0.5) is 0 Å². The number of ether oxygens (including phenoxy) is 1. The van der Waals surface area contributed by atoms with Crippen molar-refractivity contribution >= 4 is 5.97 Å². The van der Waals surface area contributed by atoms with Crippen LogP contribution in [0.1, 0.15) is 17.5 Å². The topological polar surface area (TPSA) is 67.6 Å². The zero-order valence-electron chi connectivity index (χ0n) is 13.2. The van der Waals surface area contributed by atoms with Gasteiger partial charge in [-0.2, -0.15) is 5.10 Å². The molecule has 0 amide bonds. The quantitative estimate of drug-likeness (QED) is 0.912. The Morgan fingerprint density at radius 3 is 3.04 bits per heavy atom. The number of hydrogen-bond acceptors (Lipinski definition) is 4. The van der Waals surface area contributed by atoms with E-state index in [9.17, 15) is 4.79 Å². The Kier molecular flexibility index (Phi) is 4.73. The number of carbonyl (C=O) groups is 1. The number of rotatable bonds is 5. The van der Waals surface area contributed by atoms with E-state index in [-0.39, 0.29) is 12.5 Å². The van der Waals surface area contributed by atoms with Crippen LogP contribution in [0.25, 0.3) is 5.69 Å². The van der Waals surface area contributed by atoms with E-state index in [2.05, 4.69) is 29.1 Å². The second kappa shape index (κ2) is 6.93. The summed E-state index contributed by atoms with van der Waals surface area (Å²) in [5.41, 5.74) is 3.41. The first kappa shape index (κ1) is 15.7. The molecule has 6 nitrogen and oxygen atoms in total. The zero-order chi connectivity index (χ0) is 16.2. The highest BCUT2D eigenvalue weighted by molar-refractivity contribution is 5.67. The summed E-state index contributed by atoms with van der Waals surface area (Å²) in [7, 11) is 0. The van der Waals surface area contributed by atoms with Gasteiger partial charge in [-0.05, 0) is 36.2 Å². The standard InChI is InChI=1S/C17H21N3O3/c1-13-9-15(20-6-2-5-18-20)4-3-14(13)11-19-7-8-23-12-16(19)10-17(21)22/h2-6,9,16H,7-8,10-12H2,1H3,(H,21,22). The lowest BCUT2D eigenvalue weighted by Crippen LogP contribution is -2.46. The van der Waals surface area contributed by atoms with E-state index in [1.807, 2.05) is 23.0 Å². The fourth-order valence-corrected chi connectivity index (χ4v) is 2.93. The molecule has 0 saturated carbocycles. The predicted molar refractivity (Wildman–Crippen MR) is 85.6 cm³/mol. The van der Waals surface area contributed by atoms with Crippen molar-refractivity contribution in [3.63, 3.8) is 0 Å². The molecule has 3 rings (SSSR count). The van der Waals surface area contributed by atoms with E-state index < -0.39 is 5.97 Å². The van der Waals surface area contributed by atoms with E-state index in [4.69, 9.17) is 9.84 Å². The Hall–Kier alpha value is -2.18. The highest BCUT2D eigenvalue weighted by atomic mass is 16.5. The van der Waals surface area contributed by atoms with Crippen LogP contribution in [-0.4, -0.2) is 51.6 Å². The monoisotopic (exact) mass is 315 g/mol. The van der Waals surface area contributed by atoms with Crippen molar-refractivity contribution in [1.29, 1.82) is 0 Å². The van der Waals surface area contributed by atoms with Gasteiger partial charge in [0.1, 0.15) is 0 Å². The molecule has 6 heteroatoms. The molecule has 1 fully saturated rings. The number of aromatic nitrogens is 2. The fraction of sp³-hybridized carbons (Fsp3) is 0.412. The van der Waals surface area contributed by atoms with Gasteiger partial charge < -0.3 is 9.84 Å². The van der Waals surface area contributed by atoms with Gasteiger partial charge in [0.2, 0.25) is 0 Å². The summed E-state index contributed by atoms with van der Waals surface area (Å²) >= 11 is 0. The Morgan fingerprint density at radius 2 is 2.35 bits per heavy atom. The number of aryl methyl sites for hydroxylation is 1. The van der Waals surface area contributed by atoms with Crippen LogP contribution < -0.4 is 0 Å². The third-order valence-corrected chi connectivity index (χ3v) is 4.23. The molecule has 122 valence electrons. The van der Waals surface area contributed by atoms with E-state index in [1.54, 1.807) is 6.20 Å². The minimum Gasteiger partial charge on any atom is -0.481 e. The molecule has 1 aliphatic rings. The molecule has 23 heavy (non-hydrogen) atoms. The summed E-state index contributed by atoms with van der Waals surface area (Å²) in [6.45, 7) is 4.72. The lowest BCUT2D eigenvalue weighted by Gasteiger charge is -2.35. The van der Waals surface area contributed by atoms with Crippen molar-refractivity contribution in [3.05, 3.63) is 47.8 Å². The molecule has 1 aromatic heterocycles. The maximum Gasteiger partial charge on any atom is 0.305 e. The summed E-state index contributed by atoms with van der Waals surface area (Å²) < 4.78 is 7.26. The van der Waals surface area contributed by atoms with Crippen molar-refractivity contribution in [1.82, 2.24) is 14.7 Å². The fourth-order valence-electron chi connectivity index (χ4n) is 2.93. The molecule has 1 unspecified atom stereocenters. The van der Waals surface area contributed by atoms with Crippen LogP contribution in [0, 0.1) is 6.92 Å². The molecule has 0 bridgehead atoms. The second-order valence-electron chi connectivity index (χ2n) is 5.86. The van der Waals surface area contributed by atoms with Crippen molar-refractivity contribution < 1.29 is 14.6 Å². The van der Waals surface area contributed by atoms with E-state index in [1.165, 1.54) is 11.1 Å². The van der Waals surface area contributed by atoms with Crippen LogP contribution in [0.3, 0.4) is 0 Å². The number of benzene rings is 1. The summed E-state index contributed by atoms with van der Waals surface area (Å²) in [6.07, 6.45) is 3.79. The number of nitrogens with zero attached hydrogens (tertiary/aromatic N) is 3. The Bertz CT molecular complexity index is 670. The molecule has 1 aromatic carbocycles. The van der Waals surface area contributed by atoms with Gasteiger partial charge in [-0.25, -0.2) is 4.68 Å². The molecule has 1 atom stereocenters. The van der Waals surface area contributed by atoms with Crippen molar-refractivity contribution in [2.45, 2.75) is 25.9 Å². The van der Waals surface area contributed by atoms with Gasteiger partial charge in [-0.3, -0.25) is 9.69 Å². The number of aliphatic carboxylic acids is 1. The summed E-state index contributed by atoms with van der Waals surface area (Å²) in [6, 6.07) is 8.08. The SMILES string of the molecule is Cc1cc(-n2cccn2)ccc1CN1CCOCC1CC(=O)O. The average Bonchev–Trinajstić information content (AvgIpc) is 3.05. The third-order valence-electron chi connectivity index (χ3n) is 4.23. The van der Waals surface area contributed by atoms with Crippen LogP contribution in [0.2, 0.25) is 0 Å². The Labute approximate surface area is 135 Å². The Balaban J connectivity index is 1.75. The van der Waals surface area contributed by atoms with E-state index in [0.29, 0.717) is 13.2 Å². The van der Waals surface area contributed by atoms with Gasteiger partial charge in [0.15, 0.2) is 0 Å². The maximum absolute atomic E-state index is 11.0. The molecular weight excluding hydrogens is 294 g/mol. The first-order valence-corrected chi connectivity index (χ1v) is 7.76. The van der Waals surface area contributed by atoms with Crippen LogP contribution in [-0.2, 0) is 16.1 Å². The predicted octanol–water partition coefficient (Wildman–Crippen LogP) is 1.86. The summed E-state index contributed by atoms with van der Waals surface area (Å²) in [5, 5.41) is 13.3. The van der Waals surface area contributed by atoms with Crippen molar-refractivity contribution in [2.24, 2.45) is 0 Å². The molecule has 1 N–H and O–H groups in total. The normalized spacial score (nSPS) is 18.9. The van der Waals surface area contributed by atoms with Crippen molar-refractivity contribution in [3.8, 4) is 5.69 Å². The van der Waals surface area contributed by atoms with Gasteiger partial charge in [-0.15, -0.1) is 0 Å². The third kappa shape index (κ3) is 3.78. The molecule has 2 aromatic rings. The largest absolute Gasteiger partial charge is 0.481 e.